The summed E-state index contributed by atoms with van der Waals surface area (Å²) >= 11 is 6.12. The SMILES string of the molecule is Cc1ccc(CN(Cc2ccc(F)cc2)C(=O)c2ccc([N+](=O)[O-])cc2Cl)o1. The average Bonchev–Trinajstić information content (AvgIpc) is 3.07. The van der Waals surface area contributed by atoms with Crippen LogP contribution in [0.15, 0.2) is 59.0 Å². The first-order valence-corrected chi connectivity index (χ1v) is 8.74. The van der Waals surface area contributed by atoms with Gasteiger partial charge in [-0.1, -0.05) is 23.7 Å². The lowest BCUT2D eigenvalue weighted by Gasteiger charge is -2.22. The highest BCUT2D eigenvalue weighted by molar-refractivity contribution is 6.34. The fourth-order valence-corrected chi connectivity index (χ4v) is 2.98. The van der Waals surface area contributed by atoms with E-state index in [1.54, 1.807) is 31.2 Å². The van der Waals surface area contributed by atoms with Crippen molar-refractivity contribution in [1.82, 2.24) is 4.90 Å². The fraction of sp³-hybridized carbons (Fsp3) is 0.150. The van der Waals surface area contributed by atoms with Crippen molar-refractivity contribution in [2.45, 2.75) is 20.0 Å². The number of rotatable bonds is 6. The number of carbonyl (C=O) groups is 1. The molecule has 3 aromatic rings. The zero-order valence-electron chi connectivity index (χ0n) is 14.9. The van der Waals surface area contributed by atoms with E-state index in [9.17, 15) is 19.3 Å². The number of nitro benzene ring substituents is 1. The summed E-state index contributed by atoms with van der Waals surface area (Å²) < 4.78 is 18.7. The highest BCUT2D eigenvalue weighted by atomic mass is 35.5. The van der Waals surface area contributed by atoms with Crippen LogP contribution in [0.2, 0.25) is 5.02 Å². The van der Waals surface area contributed by atoms with Crippen molar-refractivity contribution in [2.24, 2.45) is 0 Å². The third kappa shape index (κ3) is 4.55. The van der Waals surface area contributed by atoms with E-state index in [0.717, 1.165) is 11.6 Å². The average molecular weight is 403 g/mol. The minimum atomic E-state index is -0.581. The van der Waals surface area contributed by atoms with E-state index in [2.05, 4.69) is 0 Å². The van der Waals surface area contributed by atoms with Gasteiger partial charge < -0.3 is 9.32 Å². The van der Waals surface area contributed by atoms with Gasteiger partial charge in [0.25, 0.3) is 11.6 Å². The van der Waals surface area contributed by atoms with Crippen LogP contribution >= 0.6 is 11.6 Å². The fourth-order valence-electron chi connectivity index (χ4n) is 2.73. The van der Waals surface area contributed by atoms with Gasteiger partial charge >= 0.3 is 0 Å². The van der Waals surface area contributed by atoms with Crippen molar-refractivity contribution >= 4 is 23.2 Å². The molecule has 0 fully saturated rings. The maximum absolute atomic E-state index is 13.2. The summed E-state index contributed by atoms with van der Waals surface area (Å²) in [5.41, 5.74) is 0.655. The molecule has 0 radical (unpaired) electrons. The van der Waals surface area contributed by atoms with Gasteiger partial charge in [-0.25, -0.2) is 4.39 Å². The predicted octanol–water partition coefficient (Wildman–Crippen LogP) is 5.13. The van der Waals surface area contributed by atoms with Crippen LogP contribution in [-0.4, -0.2) is 15.7 Å². The summed E-state index contributed by atoms with van der Waals surface area (Å²) in [6.45, 7) is 2.15. The highest BCUT2D eigenvalue weighted by Crippen LogP contribution is 2.25. The van der Waals surface area contributed by atoms with Gasteiger partial charge in [0.2, 0.25) is 0 Å². The van der Waals surface area contributed by atoms with E-state index in [4.69, 9.17) is 16.0 Å². The number of carbonyl (C=O) groups excluding carboxylic acids is 1. The molecule has 0 bridgehead atoms. The van der Waals surface area contributed by atoms with Crippen LogP contribution in [0.25, 0.3) is 0 Å². The van der Waals surface area contributed by atoms with E-state index in [1.807, 2.05) is 0 Å². The summed E-state index contributed by atoms with van der Waals surface area (Å²) in [5, 5.41) is 10.9. The van der Waals surface area contributed by atoms with Crippen LogP contribution < -0.4 is 0 Å². The van der Waals surface area contributed by atoms with Crippen molar-refractivity contribution in [2.75, 3.05) is 0 Å². The van der Waals surface area contributed by atoms with E-state index >= 15 is 0 Å². The van der Waals surface area contributed by atoms with Crippen LogP contribution in [-0.2, 0) is 13.1 Å². The molecule has 0 saturated heterocycles. The Morgan fingerprint density at radius 3 is 2.43 bits per heavy atom. The molecule has 1 aromatic heterocycles. The van der Waals surface area contributed by atoms with Crippen LogP contribution in [0.5, 0.6) is 0 Å². The molecule has 0 saturated carbocycles. The molecule has 0 aliphatic rings. The van der Waals surface area contributed by atoms with Crippen molar-refractivity contribution < 1.29 is 18.5 Å². The molecule has 144 valence electrons. The molecule has 6 nitrogen and oxygen atoms in total. The summed E-state index contributed by atoms with van der Waals surface area (Å²) in [4.78, 5) is 24.9. The largest absolute Gasteiger partial charge is 0.464 e. The van der Waals surface area contributed by atoms with Crippen LogP contribution in [0, 0.1) is 22.9 Å². The predicted molar refractivity (Wildman–Crippen MR) is 102 cm³/mol. The van der Waals surface area contributed by atoms with Gasteiger partial charge in [0.1, 0.15) is 17.3 Å². The molecular formula is C20H16ClFN2O4. The molecule has 0 aliphatic carbocycles. The minimum absolute atomic E-state index is 0.0149. The molecule has 3 rings (SSSR count). The first-order chi connectivity index (χ1) is 13.3. The second-order valence-electron chi connectivity index (χ2n) is 6.22. The van der Waals surface area contributed by atoms with Crippen molar-refractivity contribution in [3.63, 3.8) is 0 Å². The Balaban J connectivity index is 1.91. The summed E-state index contributed by atoms with van der Waals surface area (Å²) in [6.07, 6.45) is 0. The number of halogens is 2. The number of hydrogen-bond acceptors (Lipinski definition) is 4. The van der Waals surface area contributed by atoms with E-state index < -0.39 is 10.8 Å². The molecule has 0 N–H and O–H groups in total. The number of nitro groups is 1. The third-order valence-electron chi connectivity index (χ3n) is 4.11. The normalized spacial score (nSPS) is 10.7. The van der Waals surface area contributed by atoms with Gasteiger partial charge in [-0.15, -0.1) is 0 Å². The Morgan fingerprint density at radius 2 is 1.86 bits per heavy atom. The summed E-state index contributed by atoms with van der Waals surface area (Å²) in [6, 6.07) is 13.0. The third-order valence-corrected chi connectivity index (χ3v) is 4.42. The second kappa shape index (κ2) is 8.22. The molecule has 0 unspecified atom stereocenters. The van der Waals surface area contributed by atoms with E-state index in [1.165, 1.54) is 29.2 Å². The zero-order valence-corrected chi connectivity index (χ0v) is 15.6. The van der Waals surface area contributed by atoms with Gasteiger partial charge in [-0.3, -0.25) is 14.9 Å². The number of aryl methyl sites for hydroxylation is 1. The van der Waals surface area contributed by atoms with Crippen molar-refractivity contribution in [1.29, 1.82) is 0 Å². The number of furan rings is 1. The van der Waals surface area contributed by atoms with E-state index in [0.29, 0.717) is 11.5 Å². The van der Waals surface area contributed by atoms with Gasteiger partial charge in [0, 0.05) is 18.7 Å². The van der Waals surface area contributed by atoms with Crippen molar-refractivity contribution in [3.8, 4) is 0 Å². The molecule has 1 amide bonds. The van der Waals surface area contributed by atoms with Gasteiger partial charge in [0.15, 0.2) is 0 Å². The molecule has 0 spiro atoms. The zero-order chi connectivity index (χ0) is 20.3. The number of benzene rings is 2. The summed E-state index contributed by atoms with van der Waals surface area (Å²) in [7, 11) is 0. The Morgan fingerprint density at radius 1 is 1.14 bits per heavy atom. The maximum Gasteiger partial charge on any atom is 0.270 e. The highest BCUT2D eigenvalue weighted by Gasteiger charge is 2.22. The Kier molecular flexibility index (Phi) is 5.75. The number of amides is 1. The molecule has 8 heteroatoms. The number of nitrogens with zero attached hydrogens (tertiary/aromatic N) is 2. The lowest BCUT2D eigenvalue weighted by Crippen LogP contribution is -2.30. The van der Waals surface area contributed by atoms with Crippen LogP contribution in [0.4, 0.5) is 10.1 Å². The molecular weight excluding hydrogens is 387 g/mol. The first kappa shape index (κ1) is 19.6. The minimum Gasteiger partial charge on any atom is -0.464 e. The number of hydrogen-bond donors (Lipinski definition) is 0. The molecule has 0 aliphatic heterocycles. The lowest BCUT2D eigenvalue weighted by molar-refractivity contribution is -0.384. The second-order valence-corrected chi connectivity index (χ2v) is 6.63. The lowest BCUT2D eigenvalue weighted by atomic mass is 10.1. The Labute approximate surface area is 165 Å². The molecule has 28 heavy (non-hydrogen) atoms. The van der Waals surface area contributed by atoms with Crippen molar-refractivity contribution in [3.05, 3.63) is 98.2 Å². The van der Waals surface area contributed by atoms with Gasteiger partial charge in [-0.2, -0.15) is 0 Å². The van der Waals surface area contributed by atoms with Crippen LogP contribution in [0.1, 0.15) is 27.4 Å². The Hall–Kier alpha value is -3.19. The summed E-state index contributed by atoms with van der Waals surface area (Å²) in [5.74, 6) is 0.489. The standard InChI is InChI=1S/C20H16ClFN2O4/c1-13-2-8-17(28-13)12-23(11-14-3-5-15(22)6-4-14)20(25)18-9-7-16(24(26)27)10-19(18)21/h2-10H,11-12H2,1H3. The van der Waals surface area contributed by atoms with E-state index in [-0.39, 0.29) is 35.2 Å². The Bertz CT molecular complexity index is 1020. The molecule has 1 heterocycles. The van der Waals surface area contributed by atoms with Gasteiger partial charge in [0.05, 0.1) is 22.1 Å². The van der Waals surface area contributed by atoms with Crippen LogP contribution in [0.3, 0.4) is 0 Å². The molecule has 0 atom stereocenters. The van der Waals surface area contributed by atoms with Gasteiger partial charge in [-0.05, 0) is 42.8 Å². The maximum atomic E-state index is 13.2. The number of non-ortho nitro benzene ring substituents is 1. The topological polar surface area (TPSA) is 76.6 Å². The first-order valence-electron chi connectivity index (χ1n) is 8.36. The quantitative estimate of drug-likeness (QED) is 0.423. The smallest absolute Gasteiger partial charge is 0.270 e. The monoisotopic (exact) mass is 402 g/mol. The molecule has 2 aromatic carbocycles.